The van der Waals surface area contributed by atoms with Gasteiger partial charge in [0.05, 0.1) is 5.39 Å². The number of hydrogen-bond acceptors (Lipinski definition) is 12. The van der Waals surface area contributed by atoms with Gasteiger partial charge in [-0.25, -0.2) is 38.7 Å². The molecule has 62 heavy (non-hydrogen) atoms. The second-order valence-corrected chi connectivity index (χ2v) is 14.0. The molecule has 3 heterocycles. The molecule has 1 saturated heterocycles. The highest BCUT2D eigenvalue weighted by Crippen LogP contribution is 2.39. The molecule has 8 N–H and O–H groups in total. The van der Waals surface area contributed by atoms with Gasteiger partial charge in [0.25, 0.3) is 0 Å². The third-order valence-electron chi connectivity index (χ3n) is 9.54. The van der Waals surface area contributed by atoms with Gasteiger partial charge in [0.1, 0.15) is 29.3 Å². The van der Waals surface area contributed by atoms with Gasteiger partial charge in [-0.1, -0.05) is 30.3 Å². The number of ether oxygens (including phenoxy) is 1. The van der Waals surface area contributed by atoms with E-state index in [-0.39, 0.29) is 0 Å². The van der Waals surface area contributed by atoms with Crippen molar-refractivity contribution in [2.75, 3.05) is 31.9 Å². The van der Waals surface area contributed by atoms with Crippen molar-refractivity contribution in [2.24, 2.45) is 0 Å². The first-order valence-corrected chi connectivity index (χ1v) is 19.3. The number of aromatic nitrogens is 3. The van der Waals surface area contributed by atoms with Crippen LogP contribution in [0, 0.1) is 0 Å². The molecule has 1 aliphatic carbocycles. The summed E-state index contributed by atoms with van der Waals surface area (Å²) in [6.45, 7) is 9.37. The molecule has 4 aromatic rings. The van der Waals surface area contributed by atoms with Gasteiger partial charge < -0.3 is 45.7 Å². The van der Waals surface area contributed by atoms with Gasteiger partial charge in [-0.15, -0.1) is 0 Å². The topological polar surface area (TPSA) is 296 Å². The predicted octanol–water partition coefficient (Wildman–Crippen LogP) is 5.12. The van der Waals surface area contributed by atoms with E-state index in [4.69, 9.17) is 46.1 Å². The summed E-state index contributed by atoms with van der Waals surface area (Å²) in [6, 6.07) is 19.8. The van der Waals surface area contributed by atoms with E-state index in [1.165, 1.54) is 39.0 Å². The monoisotopic (exact) mass is 858 g/mol. The second kappa shape index (κ2) is 24.6. The number of aliphatic carboxylic acids is 6. The molecule has 0 atom stereocenters. The van der Waals surface area contributed by atoms with Crippen molar-refractivity contribution in [3.63, 3.8) is 0 Å². The van der Waals surface area contributed by atoms with E-state index >= 15 is 0 Å². The number of hydrogen-bond donors (Lipinski definition) is 7. The van der Waals surface area contributed by atoms with Gasteiger partial charge >= 0.3 is 35.8 Å². The third kappa shape index (κ3) is 16.7. The first-order valence-electron chi connectivity index (χ1n) is 19.3. The van der Waals surface area contributed by atoms with Crippen LogP contribution >= 0.6 is 0 Å². The third-order valence-corrected chi connectivity index (χ3v) is 9.54. The molecule has 0 radical (unpaired) electrons. The smallest absolute Gasteiger partial charge is 0.328 e. The van der Waals surface area contributed by atoms with Crippen LogP contribution in [0.15, 0.2) is 104 Å². The molecule has 0 unspecified atom stereocenters. The van der Waals surface area contributed by atoms with Gasteiger partial charge in [0, 0.05) is 92.5 Å². The number of nitrogens with zero attached hydrogens (tertiary/aromatic N) is 5. The van der Waals surface area contributed by atoms with Crippen LogP contribution in [0.5, 0.6) is 11.5 Å². The Kier molecular flexibility index (Phi) is 19.5. The number of para-hydroxylation sites is 1. The largest absolute Gasteiger partial charge is 0.478 e. The zero-order valence-corrected chi connectivity index (χ0v) is 34.1. The van der Waals surface area contributed by atoms with E-state index < -0.39 is 35.8 Å². The molecule has 0 bridgehead atoms. The van der Waals surface area contributed by atoms with E-state index in [0.717, 1.165) is 46.5 Å². The fraction of sp³-hybridized carbons (Fsp3) is 0.302. The maximum Gasteiger partial charge on any atom is 0.328 e. The SMILES string of the molecule is CC(C)N1CCN([C@H]2CC[C@@H](n3cc(-c4ccc(Oc5ccccc5)cc4)c4c(N)ncnc43)CC2)CC1.O=C(O)C=CC(=O)O.O=C(O)C=CC(=O)O.O=C(O)C=CC(=O)O. The van der Waals surface area contributed by atoms with Crippen molar-refractivity contribution >= 4 is 52.7 Å². The van der Waals surface area contributed by atoms with Gasteiger partial charge in [0.15, 0.2) is 0 Å². The minimum absolute atomic E-state index is 0.425. The number of anilines is 1. The van der Waals surface area contributed by atoms with Crippen molar-refractivity contribution in [3.05, 3.63) is 104 Å². The summed E-state index contributed by atoms with van der Waals surface area (Å²) in [4.78, 5) is 71.7. The lowest BCUT2D eigenvalue weighted by Crippen LogP contribution is -2.52. The van der Waals surface area contributed by atoms with Gasteiger partial charge in [-0.3, -0.25) is 9.80 Å². The molecule has 19 heteroatoms. The second-order valence-electron chi connectivity index (χ2n) is 14.0. The van der Waals surface area contributed by atoms with Crippen LogP contribution in [0.2, 0.25) is 0 Å². The van der Waals surface area contributed by atoms with Gasteiger partial charge in [-0.2, -0.15) is 0 Å². The van der Waals surface area contributed by atoms with Gasteiger partial charge in [0.2, 0.25) is 0 Å². The highest BCUT2D eigenvalue weighted by molar-refractivity contribution is 6.00. The Labute approximate surface area is 356 Å². The average Bonchev–Trinajstić information content (AvgIpc) is 3.64. The van der Waals surface area contributed by atoms with E-state index in [2.05, 4.69) is 51.5 Å². The first kappa shape index (κ1) is 49.0. The molecule has 19 nitrogen and oxygen atoms in total. The highest BCUT2D eigenvalue weighted by atomic mass is 16.5. The summed E-state index contributed by atoms with van der Waals surface area (Å²) in [6.07, 6.45) is 12.0. The molecule has 1 aliphatic heterocycles. The molecular formula is C43H50N6O13. The summed E-state index contributed by atoms with van der Waals surface area (Å²) < 4.78 is 8.36. The lowest BCUT2D eigenvalue weighted by Gasteiger charge is -2.43. The minimum Gasteiger partial charge on any atom is -0.478 e. The van der Waals surface area contributed by atoms with Crippen LogP contribution in [0.3, 0.4) is 0 Å². The maximum atomic E-state index is 9.55. The molecule has 0 spiro atoms. The number of carboxylic acid groups (broad SMARTS) is 6. The van der Waals surface area contributed by atoms with Crippen molar-refractivity contribution < 1.29 is 64.1 Å². The number of benzene rings is 2. The Morgan fingerprint density at radius 3 is 1.50 bits per heavy atom. The number of carboxylic acids is 6. The molecule has 330 valence electrons. The Bertz CT molecular complexity index is 2090. The number of fused-ring (bicyclic) bond motifs is 1. The Balaban J connectivity index is 0.000000349. The Morgan fingerprint density at radius 1 is 0.629 bits per heavy atom. The van der Waals surface area contributed by atoms with E-state index in [9.17, 15) is 28.8 Å². The normalized spacial score (nSPS) is 16.7. The Hall–Kier alpha value is -7.38. The number of nitrogen functional groups attached to an aromatic ring is 1. The van der Waals surface area contributed by atoms with Crippen molar-refractivity contribution in [1.29, 1.82) is 0 Å². The molecule has 2 fully saturated rings. The number of piperazine rings is 1. The molecule has 2 aromatic heterocycles. The predicted molar refractivity (Wildman–Crippen MR) is 227 cm³/mol. The quantitative estimate of drug-likeness (QED) is 0.0910. The summed E-state index contributed by atoms with van der Waals surface area (Å²) in [5.41, 5.74) is 9.53. The van der Waals surface area contributed by atoms with Crippen LogP contribution in [-0.4, -0.2) is 129 Å². The molecule has 2 aliphatic rings. The zero-order chi connectivity index (χ0) is 45.8. The van der Waals surface area contributed by atoms with Crippen LogP contribution < -0.4 is 10.5 Å². The number of nitrogens with two attached hydrogens (primary N) is 1. The first-order chi connectivity index (χ1) is 29.4. The molecule has 2 aromatic carbocycles. The molecule has 1 saturated carbocycles. The lowest BCUT2D eigenvalue weighted by atomic mass is 9.89. The van der Waals surface area contributed by atoms with Crippen molar-refractivity contribution in [3.8, 4) is 22.6 Å². The average molecular weight is 859 g/mol. The van der Waals surface area contributed by atoms with E-state index in [1.54, 1.807) is 6.33 Å². The fourth-order valence-electron chi connectivity index (χ4n) is 6.68. The minimum atomic E-state index is -1.26. The standard InChI is InChI=1S/C31H38N6O.3C4H4O4/c1-22(2)35-16-18-36(19-17-35)24-10-12-25(13-11-24)37-20-28(29-30(32)33-21-34-31(29)37)23-8-14-27(15-9-23)38-26-6-4-3-5-7-26;3*5-3(6)1-2-4(7)8/h3-9,14-15,20-22,24-25H,10-13,16-19H2,1-2H3,(H2,32,33,34);3*1-2H,(H,5,6)(H,7,8)/t24-,25+;;;. The number of carbonyl (C=O) groups is 6. The molecule has 6 rings (SSSR count). The van der Waals surface area contributed by atoms with Crippen LogP contribution in [0.4, 0.5) is 5.82 Å². The molecular weight excluding hydrogens is 809 g/mol. The van der Waals surface area contributed by atoms with E-state index in [0.29, 0.717) is 60.4 Å². The lowest BCUT2D eigenvalue weighted by molar-refractivity contribution is -0.134. The van der Waals surface area contributed by atoms with E-state index in [1.807, 2.05) is 42.5 Å². The summed E-state index contributed by atoms with van der Waals surface area (Å²) in [5, 5.41) is 47.8. The Morgan fingerprint density at radius 2 is 1.06 bits per heavy atom. The van der Waals surface area contributed by atoms with Crippen LogP contribution in [-0.2, 0) is 28.8 Å². The van der Waals surface area contributed by atoms with Crippen molar-refractivity contribution in [1.82, 2.24) is 24.3 Å². The summed E-state index contributed by atoms with van der Waals surface area (Å²) >= 11 is 0. The van der Waals surface area contributed by atoms with Gasteiger partial charge in [-0.05, 0) is 69.4 Å². The zero-order valence-electron chi connectivity index (χ0n) is 34.1. The molecule has 0 amide bonds. The fourth-order valence-corrected chi connectivity index (χ4v) is 6.68. The van der Waals surface area contributed by atoms with Crippen LogP contribution in [0.25, 0.3) is 22.2 Å². The number of rotatable bonds is 12. The summed E-state index contributed by atoms with van der Waals surface area (Å²) in [5.74, 6) is -5.38. The van der Waals surface area contributed by atoms with Crippen LogP contribution in [0.1, 0.15) is 45.6 Å². The van der Waals surface area contributed by atoms with Crippen molar-refractivity contribution in [2.45, 2.75) is 57.7 Å². The maximum absolute atomic E-state index is 9.55. The summed E-state index contributed by atoms with van der Waals surface area (Å²) in [7, 11) is 0. The highest BCUT2D eigenvalue weighted by Gasteiger charge is 2.30.